The van der Waals surface area contributed by atoms with Gasteiger partial charge in [-0.05, 0) is 49.3 Å². The molecule has 2 rings (SSSR count). The Morgan fingerprint density at radius 1 is 1.00 bits per heavy atom. The van der Waals surface area contributed by atoms with Gasteiger partial charge in [0.25, 0.3) is 0 Å². The topological polar surface area (TPSA) is 24.1 Å². The molecule has 1 heterocycles. The van der Waals surface area contributed by atoms with Gasteiger partial charge in [0.15, 0.2) is 0 Å². The first-order chi connectivity index (χ1) is 8.50. The molecule has 1 aliphatic rings. The Hall–Kier alpha value is -0.860. The Bertz CT molecular complexity index is 392. The summed E-state index contributed by atoms with van der Waals surface area (Å²) in [6.45, 7) is 13.4. The van der Waals surface area contributed by atoms with Crippen molar-refractivity contribution in [2.24, 2.45) is 5.41 Å². The van der Waals surface area contributed by atoms with Crippen molar-refractivity contribution in [1.82, 2.24) is 10.6 Å². The predicted molar refractivity (Wildman–Crippen MR) is 78.2 cm³/mol. The second-order valence-electron chi connectivity index (χ2n) is 6.22. The molecule has 0 spiro atoms. The van der Waals surface area contributed by atoms with Crippen molar-refractivity contribution in [1.29, 1.82) is 0 Å². The molecule has 0 radical (unpaired) electrons. The van der Waals surface area contributed by atoms with Crippen molar-refractivity contribution < 1.29 is 0 Å². The average molecular weight is 246 g/mol. The van der Waals surface area contributed by atoms with Crippen LogP contribution in [0, 0.1) is 26.2 Å². The molecule has 0 amide bonds. The molecule has 0 aliphatic carbocycles. The Morgan fingerprint density at radius 3 is 2.00 bits per heavy atom. The normalized spacial score (nSPS) is 19.6. The zero-order valence-electron chi connectivity index (χ0n) is 12.2. The maximum Gasteiger partial charge on any atom is 0.00769 e. The highest BCUT2D eigenvalue weighted by Crippen LogP contribution is 2.27. The number of hydrogen-bond acceptors (Lipinski definition) is 2. The lowest BCUT2D eigenvalue weighted by Gasteiger charge is -2.29. The molecule has 0 aromatic heterocycles. The van der Waals surface area contributed by atoms with E-state index in [9.17, 15) is 0 Å². The molecule has 100 valence electrons. The zero-order valence-corrected chi connectivity index (χ0v) is 12.2. The summed E-state index contributed by atoms with van der Waals surface area (Å²) in [5.41, 5.74) is 6.11. The predicted octanol–water partition coefficient (Wildman–Crippen LogP) is 2.35. The van der Waals surface area contributed by atoms with Gasteiger partial charge in [-0.3, -0.25) is 0 Å². The highest BCUT2D eigenvalue weighted by Gasteiger charge is 2.27. The lowest BCUT2D eigenvalue weighted by Crippen LogP contribution is -2.37. The number of benzene rings is 1. The van der Waals surface area contributed by atoms with Gasteiger partial charge in [0.05, 0.1) is 0 Å². The molecule has 1 saturated heterocycles. The van der Waals surface area contributed by atoms with Gasteiger partial charge in [0, 0.05) is 26.2 Å². The second kappa shape index (κ2) is 5.41. The van der Waals surface area contributed by atoms with Crippen molar-refractivity contribution in [2.45, 2.75) is 34.1 Å². The second-order valence-corrected chi connectivity index (χ2v) is 6.22. The summed E-state index contributed by atoms with van der Waals surface area (Å²) in [7, 11) is 0. The van der Waals surface area contributed by atoms with Crippen LogP contribution in [0.3, 0.4) is 0 Å². The molecule has 1 aliphatic heterocycles. The van der Waals surface area contributed by atoms with Crippen molar-refractivity contribution in [3.8, 4) is 0 Å². The molecule has 0 atom stereocenters. The van der Waals surface area contributed by atoms with Crippen LogP contribution in [0.15, 0.2) is 12.1 Å². The Balaban J connectivity index is 2.22. The minimum absolute atomic E-state index is 0.321. The third-order valence-electron chi connectivity index (χ3n) is 4.03. The Labute approximate surface area is 111 Å². The van der Waals surface area contributed by atoms with E-state index in [2.05, 4.69) is 50.5 Å². The van der Waals surface area contributed by atoms with E-state index in [-0.39, 0.29) is 0 Å². The smallest absolute Gasteiger partial charge is 0.00769 e. The summed E-state index contributed by atoms with van der Waals surface area (Å²) in [5, 5.41) is 7.09. The SMILES string of the molecule is Cc1cc(C)c(CC2(C)CNCCNC2)c(C)c1. The minimum atomic E-state index is 0.321. The molecule has 18 heavy (non-hydrogen) atoms. The van der Waals surface area contributed by atoms with Gasteiger partial charge in [-0.25, -0.2) is 0 Å². The summed E-state index contributed by atoms with van der Waals surface area (Å²) in [6.07, 6.45) is 1.16. The van der Waals surface area contributed by atoms with Crippen LogP contribution in [0.1, 0.15) is 29.2 Å². The fraction of sp³-hybridized carbons (Fsp3) is 0.625. The largest absolute Gasteiger partial charge is 0.315 e. The minimum Gasteiger partial charge on any atom is -0.315 e. The molecule has 0 saturated carbocycles. The quantitative estimate of drug-likeness (QED) is 0.837. The van der Waals surface area contributed by atoms with E-state index in [0.717, 1.165) is 32.6 Å². The lowest BCUT2D eigenvalue weighted by atomic mass is 9.80. The van der Waals surface area contributed by atoms with Crippen molar-refractivity contribution in [3.05, 3.63) is 34.4 Å². The first-order valence-corrected chi connectivity index (χ1v) is 6.98. The Morgan fingerprint density at radius 2 is 1.50 bits per heavy atom. The van der Waals surface area contributed by atoms with Crippen molar-refractivity contribution in [3.63, 3.8) is 0 Å². The monoisotopic (exact) mass is 246 g/mol. The highest BCUT2D eigenvalue weighted by molar-refractivity contribution is 5.38. The molecule has 2 heteroatoms. The maximum atomic E-state index is 3.55. The molecule has 0 bridgehead atoms. The van der Waals surface area contributed by atoms with E-state index >= 15 is 0 Å². The number of aryl methyl sites for hydroxylation is 3. The fourth-order valence-electron chi connectivity index (χ4n) is 3.06. The third-order valence-corrected chi connectivity index (χ3v) is 4.03. The van der Waals surface area contributed by atoms with Gasteiger partial charge in [0.2, 0.25) is 0 Å². The number of rotatable bonds is 2. The molecule has 2 N–H and O–H groups in total. The van der Waals surface area contributed by atoms with Gasteiger partial charge in [-0.2, -0.15) is 0 Å². The van der Waals surface area contributed by atoms with E-state index in [1.165, 1.54) is 22.3 Å². The first-order valence-electron chi connectivity index (χ1n) is 6.98. The number of nitrogens with one attached hydrogen (secondary N) is 2. The first kappa shape index (κ1) is 13.6. The van der Waals surface area contributed by atoms with Gasteiger partial charge in [-0.1, -0.05) is 24.6 Å². The van der Waals surface area contributed by atoms with Gasteiger partial charge in [0.1, 0.15) is 0 Å². The summed E-state index contributed by atoms with van der Waals surface area (Å²) in [6, 6.07) is 4.62. The van der Waals surface area contributed by atoms with E-state index in [1.54, 1.807) is 0 Å². The molecule has 1 aromatic carbocycles. The molecular formula is C16H26N2. The lowest BCUT2D eigenvalue weighted by molar-refractivity contribution is 0.313. The van der Waals surface area contributed by atoms with Crippen LogP contribution in [-0.2, 0) is 6.42 Å². The Kier molecular flexibility index (Phi) is 4.08. The fourth-order valence-corrected chi connectivity index (χ4v) is 3.06. The standard InChI is InChI=1S/C16H26N2/c1-12-7-13(2)15(14(3)8-12)9-16(4)10-17-5-6-18-11-16/h7-8,17-18H,5-6,9-11H2,1-4H3. The average Bonchev–Trinajstić information content (AvgIpc) is 2.49. The van der Waals surface area contributed by atoms with Crippen molar-refractivity contribution >= 4 is 0 Å². The molecule has 1 fully saturated rings. The van der Waals surface area contributed by atoms with Crippen molar-refractivity contribution in [2.75, 3.05) is 26.2 Å². The van der Waals surface area contributed by atoms with Crippen LogP contribution >= 0.6 is 0 Å². The number of hydrogen-bond donors (Lipinski definition) is 2. The molecule has 0 unspecified atom stereocenters. The van der Waals surface area contributed by atoms with Crippen LogP contribution in [0.4, 0.5) is 0 Å². The molecule has 1 aromatic rings. The third kappa shape index (κ3) is 3.12. The zero-order chi connectivity index (χ0) is 13.2. The maximum absolute atomic E-state index is 3.55. The van der Waals surface area contributed by atoms with Gasteiger partial charge < -0.3 is 10.6 Å². The van der Waals surface area contributed by atoms with Crippen LogP contribution in [0.25, 0.3) is 0 Å². The van der Waals surface area contributed by atoms with Crippen LogP contribution < -0.4 is 10.6 Å². The van der Waals surface area contributed by atoms with Crippen LogP contribution in [-0.4, -0.2) is 26.2 Å². The van der Waals surface area contributed by atoms with E-state index in [1.807, 2.05) is 0 Å². The van der Waals surface area contributed by atoms with E-state index in [0.29, 0.717) is 5.41 Å². The summed E-state index contributed by atoms with van der Waals surface area (Å²) in [4.78, 5) is 0. The summed E-state index contributed by atoms with van der Waals surface area (Å²) >= 11 is 0. The van der Waals surface area contributed by atoms with E-state index in [4.69, 9.17) is 0 Å². The summed E-state index contributed by atoms with van der Waals surface area (Å²) in [5.74, 6) is 0. The summed E-state index contributed by atoms with van der Waals surface area (Å²) < 4.78 is 0. The van der Waals surface area contributed by atoms with Gasteiger partial charge in [-0.15, -0.1) is 0 Å². The molecule has 2 nitrogen and oxygen atoms in total. The molecular weight excluding hydrogens is 220 g/mol. The van der Waals surface area contributed by atoms with Gasteiger partial charge >= 0.3 is 0 Å². The van der Waals surface area contributed by atoms with E-state index < -0.39 is 0 Å². The highest BCUT2D eigenvalue weighted by atomic mass is 15.0. The van der Waals surface area contributed by atoms with Crippen LogP contribution in [0.5, 0.6) is 0 Å². The van der Waals surface area contributed by atoms with Crippen LogP contribution in [0.2, 0.25) is 0 Å².